The highest BCUT2D eigenvalue weighted by molar-refractivity contribution is 6.01. The summed E-state index contributed by atoms with van der Waals surface area (Å²) in [5, 5.41) is 8.00. The van der Waals surface area contributed by atoms with Gasteiger partial charge in [0.2, 0.25) is 11.8 Å². The molecule has 0 spiro atoms. The Kier molecular flexibility index (Phi) is 5.22. The Balaban J connectivity index is 2.28. The van der Waals surface area contributed by atoms with Gasteiger partial charge in [-0.05, 0) is 0 Å². The van der Waals surface area contributed by atoms with Crippen LogP contribution in [0.2, 0.25) is 0 Å². The molecule has 0 N–H and O–H groups in total. The van der Waals surface area contributed by atoms with Gasteiger partial charge in [-0.3, -0.25) is 14.5 Å². The Morgan fingerprint density at radius 2 is 1.79 bits per heavy atom. The monoisotopic (exact) mass is 266 g/mol. The summed E-state index contributed by atoms with van der Waals surface area (Å²) in [6.07, 6.45) is 3.01. The minimum atomic E-state index is -0.996. The molecule has 0 aromatic heterocycles. The van der Waals surface area contributed by atoms with E-state index in [1.54, 1.807) is 0 Å². The molecule has 1 aliphatic heterocycles. The number of nitriles is 1. The second-order valence-electron chi connectivity index (χ2n) is 3.45. The zero-order valence-electron chi connectivity index (χ0n) is 9.83. The van der Waals surface area contributed by atoms with Crippen LogP contribution < -0.4 is 0 Å². The van der Waals surface area contributed by atoms with E-state index in [0.29, 0.717) is 0 Å². The fraction of sp³-hybridized carbons (Fsp3) is 0.364. The van der Waals surface area contributed by atoms with Gasteiger partial charge in [0, 0.05) is 25.0 Å². The summed E-state index contributed by atoms with van der Waals surface area (Å²) in [6.45, 7) is -0.173. The molecule has 0 bridgehead atoms. The predicted octanol–water partition coefficient (Wildman–Crippen LogP) is -0.741. The number of rotatable bonds is 5. The van der Waals surface area contributed by atoms with Gasteiger partial charge in [0.1, 0.15) is 6.61 Å². The number of imide groups is 1. The van der Waals surface area contributed by atoms with Crippen LogP contribution in [0.3, 0.4) is 0 Å². The molecule has 0 unspecified atom stereocenters. The molecule has 100 valence electrons. The van der Waals surface area contributed by atoms with Crippen molar-refractivity contribution in [2.45, 2.75) is 12.8 Å². The second-order valence-corrected chi connectivity index (χ2v) is 3.45. The summed E-state index contributed by atoms with van der Waals surface area (Å²) in [4.78, 5) is 45.2. The summed E-state index contributed by atoms with van der Waals surface area (Å²) in [6, 6.07) is 0. The molecule has 0 aromatic rings. The lowest BCUT2D eigenvalue weighted by Gasteiger charge is -2.12. The Morgan fingerprint density at radius 3 is 2.37 bits per heavy atom. The smallest absolute Gasteiger partial charge is 0.346 e. The van der Waals surface area contributed by atoms with Crippen molar-refractivity contribution in [3.05, 3.63) is 12.2 Å². The first-order valence-corrected chi connectivity index (χ1v) is 5.32. The van der Waals surface area contributed by atoms with Crippen molar-refractivity contribution in [1.29, 1.82) is 5.26 Å². The minimum absolute atomic E-state index is 0.0140. The van der Waals surface area contributed by atoms with Gasteiger partial charge in [0.15, 0.2) is 0 Å². The third kappa shape index (κ3) is 4.59. The lowest BCUT2D eigenvalue weighted by molar-refractivity contribution is -0.144. The number of likely N-dealkylation sites (tertiary alicyclic amines) is 1. The number of esters is 2. The van der Waals surface area contributed by atoms with Crippen LogP contribution in [0.25, 0.3) is 0 Å². The Bertz CT molecular complexity index is 460. The van der Waals surface area contributed by atoms with E-state index >= 15 is 0 Å². The van der Waals surface area contributed by atoms with Gasteiger partial charge in [-0.25, -0.2) is 9.59 Å². The van der Waals surface area contributed by atoms with E-state index < -0.39 is 11.9 Å². The van der Waals surface area contributed by atoms with Crippen LogP contribution in [0.15, 0.2) is 12.2 Å². The van der Waals surface area contributed by atoms with Crippen molar-refractivity contribution in [3.63, 3.8) is 0 Å². The van der Waals surface area contributed by atoms with Crippen LogP contribution in [0.5, 0.6) is 0 Å². The normalized spacial score (nSPS) is 14.6. The summed E-state index contributed by atoms with van der Waals surface area (Å²) < 4.78 is 8.55. The van der Waals surface area contributed by atoms with Gasteiger partial charge >= 0.3 is 11.9 Å². The molecule has 0 aromatic carbocycles. The molecule has 1 saturated heterocycles. The minimum Gasteiger partial charge on any atom is -0.461 e. The van der Waals surface area contributed by atoms with Gasteiger partial charge in [-0.15, -0.1) is 5.26 Å². The van der Waals surface area contributed by atoms with E-state index in [0.717, 1.165) is 23.3 Å². The standard InChI is InChI=1S/C11H10N2O6/c12-7-19-11(17)4-3-10(16)18-6-5-13-8(14)1-2-9(13)15/h3-4H,1-2,5-6H2/b4-3+. The molecule has 1 rings (SSSR count). The van der Waals surface area contributed by atoms with E-state index in [4.69, 9.17) is 5.26 Å². The van der Waals surface area contributed by atoms with Crippen LogP contribution >= 0.6 is 0 Å². The van der Waals surface area contributed by atoms with E-state index in [-0.39, 0.29) is 37.8 Å². The fourth-order valence-corrected chi connectivity index (χ4v) is 1.37. The highest BCUT2D eigenvalue weighted by Gasteiger charge is 2.28. The Labute approximate surface area is 108 Å². The fourth-order valence-electron chi connectivity index (χ4n) is 1.37. The van der Waals surface area contributed by atoms with E-state index in [9.17, 15) is 19.2 Å². The van der Waals surface area contributed by atoms with Crippen molar-refractivity contribution >= 4 is 23.8 Å². The van der Waals surface area contributed by atoms with E-state index in [1.807, 2.05) is 0 Å². The number of hydrogen-bond acceptors (Lipinski definition) is 7. The Morgan fingerprint density at radius 1 is 1.21 bits per heavy atom. The van der Waals surface area contributed by atoms with Crippen LogP contribution in [0.4, 0.5) is 0 Å². The van der Waals surface area contributed by atoms with Crippen molar-refractivity contribution in [3.8, 4) is 6.26 Å². The highest BCUT2D eigenvalue weighted by Crippen LogP contribution is 2.10. The zero-order valence-corrected chi connectivity index (χ0v) is 9.83. The lowest BCUT2D eigenvalue weighted by atomic mass is 10.4. The molecule has 19 heavy (non-hydrogen) atoms. The molecule has 0 radical (unpaired) electrons. The third-order valence-corrected chi connectivity index (χ3v) is 2.22. The number of carbonyl (C=O) groups is 4. The van der Waals surface area contributed by atoms with Crippen molar-refractivity contribution in [1.82, 2.24) is 4.90 Å². The first kappa shape index (κ1) is 14.4. The summed E-state index contributed by atoms with van der Waals surface area (Å²) in [7, 11) is 0. The average molecular weight is 266 g/mol. The molecule has 8 nitrogen and oxygen atoms in total. The predicted molar refractivity (Wildman–Crippen MR) is 57.8 cm³/mol. The number of carbonyl (C=O) groups excluding carboxylic acids is 4. The van der Waals surface area contributed by atoms with Crippen molar-refractivity contribution in [2.24, 2.45) is 0 Å². The van der Waals surface area contributed by atoms with E-state index in [2.05, 4.69) is 9.47 Å². The van der Waals surface area contributed by atoms with Crippen LogP contribution in [0, 0.1) is 11.5 Å². The number of nitrogens with zero attached hydrogens (tertiary/aromatic N) is 2. The molecule has 0 aliphatic carbocycles. The molecule has 8 heteroatoms. The van der Waals surface area contributed by atoms with Gasteiger partial charge in [-0.1, -0.05) is 0 Å². The topological polar surface area (TPSA) is 114 Å². The quantitative estimate of drug-likeness (QED) is 0.278. The Hall–Kier alpha value is -2.69. The molecular weight excluding hydrogens is 256 g/mol. The molecule has 1 fully saturated rings. The number of hydrogen-bond donors (Lipinski definition) is 0. The van der Waals surface area contributed by atoms with Crippen LogP contribution in [-0.4, -0.2) is 41.8 Å². The number of amides is 2. The molecule has 2 amide bonds. The molecule has 1 aliphatic rings. The first-order chi connectivity index (χ1) is 9.04. The zero-order chi connectivity index (χ0) is 14.3. The summed E-state index contributed by atoms with van der Waals surface area (Å²) in [5.41, 5.74) is 0. The molecule has 1 heterocycles. The van der Waals surface area contributed by atoms with Crippen molar-refractivity contribution < 1.29 is 28.7 Å². The molecular formula is C11H10N2O6. The van der Waals surface area contributed by atoms with Gasteiger partial charge in [0.05, 0.1) is 6.54 Å². The largest absolute Gasteiger partial charge is 0.461 e. The molecule has 0 atom stereocenters. The van der Waals surface area contributed by atoms with Gasteiger partial charge in [-0.2, -0.15) is 0 Å². The van der Waals surface area contributed by atoms with Crippen LogP contribution in [0.1, 0.15) is 12.8 Å². The van der Waals surface area contributed by atoms with Gasteiger partial charge in [0.25, 0.3) is 6.26 Å². The number of ether oxygens (including phenoxy) is 2. The summed E-state index contributed by atoms with van der Waals surface area (Å²) >= 11 is 0. The average Bonchev–Trinajstić information content (AvgIpc) is 2.68. The summed E-state index contributed by atoms with van der Waals surface area (Å²) in [5.74, 6) is -2.43. The van der Waals surface area contributed by atoms with E-state index in [1.165, 1.54) is 0 Å². The van der Waals surface area contributed by atoms with Crippen LogP contribution in [-0.2, 0) is 28.7 Å². The lowest BCUT2D eigenvalue weighted by Crippen LogP contribution is -2.32. The second kappa shape index (κ2) is 6.90. The first-order valence-electron chi connectivity index (χ1n) is 5.32. The maximum Gasteiger partial charge on any atom is 0.346 e. The third-order valence-electron chi connectivity index (χ3n) is 2.22. The molecule has 0 saturated carbocycles. The van der Waals surface area contributed by atoms with Crippen molar-refractivity contribution in [2.75, 3.05) is 13.2 Å². The SMILES string of the molecule is N#COC(=O)/C=C/C(=O)OCCN1C(=O)CCC1=O. The maximum absolute atomic E-state index is 11.2. The van der Waals surface area contributed by atoms with Gasteiger partial charge < -0.3 is 9.47 Å². The highest BCUT2D eigenvalue weighted by atomic mass is 16.5. The maximum atomic E-state index is 11.2.